The van der Waals surface area contributed by atoms with Gasteiger partial charge in [-0.05, 0) is 50.2 Å². The van der Waals surface area contributed by atoms with Crippen LogP contribution in [0.15, 0.2) is 15.2 Å². The van der Waals surface area contributed by atoms with E-state index in [0.717, 1.165) is 6.54 Å². The van der Waals surface area contributed by atoms with Gasteiger partial charge in [-0.25, -0.2) is 0 Å². The molecule has 1 heterocycles. The molecule has 0 bridgehead atoms. The van der Waals surface area contributed by atoms with Crippen LogP contribution >= 0.6 is 27.3 Å². The average Bonchev–Trinajstić information content (AvgIpc) is 2.56. The molecule has 1 saturated carbocycles. The standard InChI is InChI=1S/C14H22BrNS/c1-6-16-11(9-7-17-8-10(9)15)12-13(2,3)14(12,4)5/h7-8,11-12,16H,6H2,1-5H3. The third kappa shape index (κ3) is 2.00. The fourth-order valence-corrected chi connectivity index (χ4v) is 4.80. The molecule has 1 fully saturated rings. The zero-order valence-corrected chi connectivity index (χ0v) is 13.7. The van der Waals surface area contributed by atoms with Gasteiger partial charge in [0.05, 0.1) is 0 Å². The Morgan fingerprint density at radius 3 is 2.24 bits per heavy atom. The van der Waals surface area contributed by atoms with E-state index in [2.05, 4.69) is 66.6 Å². The second-order valence-electron chi connectivity index (χ2n) is 6.13. The molecule has 3 heteroatoms. The largest absolute Gasteiger partial charge is 0.310 e. The van der Waals surface area contributed by atoms with Crippen molar-refractivity contribution in [3.05, 3.63) is 20.8 Å². The van der Waals surface area contributed by atoms with Crippen LogP contribution in [0.1, 0.15) is 46.2 Å². The van der Waals surface area contributed by atoms with Gasteiger partial charge < -0.3 is 5.32 Å². The fourth-order valence-electron chi connectivity index (χ4n) is 3.22. The predicted octanol–water partition coefficient (Wildman–Crippen LogP) is 4.84. The molecular weight excluding hydrogens is 294 g/mol. The van der Waals surface area contributed by atoms with E-state index in [4.69, 9.17) is 0 Å². The lowest BCUT2D eigenvalue weighted by atomic mass is 9.99. The first-order chi connectivity index (χ1) is 7.84. The summed E-state index contributed by atoms with van der Waals surface area (Å²) in [5.41, 5.74) is 2.27. The van der Waals surface area contributed by atoms with E-state index < -0.39 is 0 Å². The van der Waals surface area contributed by atoms with Crippen molar-refractivity contribution in [1.82, 2.24) is 5.32 Å². The highest BCUT2D eigenvalue weighted by Crippen LogP contribution is 2.72. The van der Waals surface area contributed by atoms with Crippen molar-refractivity contribution in [2.75, 3.05) is 6.54 Å². The van der Waals surface area contributed by atoms with Crippen molar-refractivity contribution < 1.29 is 0 Å². The monoisotopic (exact) mass is 315 g/mol. The molecule has 0 radical (unpaired) electrons. The van der Waals surface area contributed by atoms with E-state index in [1.807, 2.05) is 0 Å². The minimum Gasteiger partial charge on any atom is -0.310 e. The molecule has 1 nitrogen and oxygen atoms in total. The minimum atomic E-state index is 0.418. The number of rotatable bonds is 4. The maximum atomic E-state index is 3.68. The van der Waals surface area contributed by atoms with Crippen LogP contribution in [0, 0.1) is 16.7 Å². The van der Waals surface area contributed by atoms with E-state index in [1.165, 1.54) is 10.0 Å². The van der Waals surface area contributed by atoms with Crippen LogP contribution in [0.3, 0.4) is 0 Å². The SMILES string of the molecule is CCNC(c1cscc1Br)C1C(C)(C)C1(C)C. The maximum absolute atomic E-state index is 3.68. The summed E-state index contributed by atoms with van der Waals surface area (Å²) in [5.74, 6) is 0.709. The Kier molecular flexibility index (Phi) is 3.48. The predicted molar refractivity (Wildman–Crippen MR) is 79.5 cm³/mol. The number of nitrogens with one attached hydrogen (secondary N) is 1. The van der Waals surface area contributed by atoms with Crippen LogP contribution in [-0.4, -0.2) is 6.54 Å². The van der Waals surface area contributed by atoms with Gasteiger partial charge in [-0.1, -0.05) is 34.6 Å². The van der Waals surface area contributed by atoms with Crippen molar-refractivity contribution in [2.45, 2.75) is 40.7 Å². The third-order valence-electron chi connectivity index (χ3n) is 4.87. The van der Waals surface area contributed by atoms with E-state index >= 15 is 0 Å². The summed E-state index contributed by atoms with van der Waals surface area (Å²) in [6.45, 7) is 12.8. The van der Waals surface area contributed by atoms with E-state index in [-0.39, 0.29) is 0 Å². The molecule has 1 N–H and O–H groups in total. The van der Waals surface area contributed by atoms with Gasteiger partial charge in [-0.3, -0.25) is 0 Å². The summed E-state index contributed by atoms with van der Waals surface area (Å²) >= 11 is 5.46. The van der Waals surface area contributed by atoms with Gasteiger partial charge in [0.25, 0.3) is 0 Å². The lowest BCUT2D eigenvalue weighted by Crippen LogP contribution is -2.25. The van der Waals surface area contributed by atoms with Crippen LogP contribution in [0.4, 0.5) is 0 Å². The molecule has 17 heavy (non-hydrogen) atoms. The van der Waals surface area contributed by atoms with E-state index in [9.17, 15) is 0 Å². The van der Waals surface area contributed by atoms with Crippen LogP contribution < -0.4 is 5.32 Å². The molecule has 96 valence electrons. The topological polar surface area (TPSA) is 12.0 Å². The van der Waals surface area contributed by atoms with Crippen LogP contribution in [0.25, 0.3) is 0 Å². The molecule has 2 rings (SSSR count). The van der Waals surface area contributed by atoms with Gasteiger partial charge >= 0.3 is 0 Å². The minimum absolute atomic E-state index is 0.418. The Labute approximate surface area is 117 Å². The Balaban J connectivity index is 2.30. The summed E-state index contributed by atoms with van der Waals surface area (Å²) in [7, 11) is 0. The van der Waals surface area contributed by atoms with Crippen molar-refractivity contribution in [2.24, 2.45) is 16.7 Å². The van der Waals surface area contributed by atoms with E-state index in [1.54, 1.807) is 11.3 Å². The van der Waals surface area contributed by atoms with Gasteiger partial charge in [0.1, 0.15) is 0 Å². The first-order valence-electron chi connectivity index (χ1n) is 6.29. The molecule has 0 amide bonds. The molecular formula is C14H22BrNS. The van der Waals surface area contributed by atoms with Crippen molar-refractivity contribution in [3.8, 4) is 0 Å². The molecule has 0 spiro atoms. The van der Waals surface area contributed by atoms with Gasteiger partial charge in [0.2, 0.25) is 0 Å². The Bertz CT molecular complexity index is 394. The zero-order valence-electron chi connectivity index (χ0n) is 11.3. The highest BCUT2D eigenvalue weighted by atomic mass is 79.9. The van der Waals surface area contributed by atoms with E-state index in [0.29, 0.717) is 22.8 Å². The quantitative estimate of drug-likeness (QED) is 0.838. The zero-order chi connectivity index (χ0) is 12.8. The average molecular weight is 316 g/mol. The van der Waals surface area contributed by atoms with Crippen LogP contribution in [-0.2, 0) is 0 Å². The number of halogens is 1. The first kappa shape index (κ1) is 13.6. The molecule has 0 aromatic carbocycles. The third-order valence-corrected chi connectivity index (χ3v) is 6.62. The number of hydrogen-bond donors (Lipinski definition) is 1. The van der Waals surface area contributed by atoms with Crippen LogP contribution in [0.2, 0.25) is 0 Å². The van der Waals surface area contributed by atoms with Gasteiger partial charge in [0.15, 0.2) is 0 Å². The Morgan fingerprint density at radius 1 is 1.29 bits per heavy atom. The van der Waals surface area contributed by atoms with Crippen molar-refractivity contribution in [3.63, 3.8) is 0 Å². The molecule has 0 saturated heterocycles. The fraction of sp³-hybridized carbons (Fsp3) is 0.714. The molecule has 1 aromatic rings. The highest BCUT2D eigenvalue weighted by Gasteiger charge is 2.67. The lowest BCUT2D eigenvalue weighted by Gasteiger charge is -2.20. The molecule has 1 atom stereocenters. The molecule has 0 aliphatic heterocycles. The Hall–Kier alpha value is 0.140. The summed E-state index contributed by atoms with van der Waals surface area (Å²) in [6, 6.07) is 0.477. The van der Waals surface area contributed by atoms with Gasteiger partial charge in [-0.15, -0.1) is 0 Å². The molecule has 1 aromatic heterocycles. The molecule has 1 aliphatic rings. The summed E-state index contributed by atoms with van der Waals surface area (Å²) in [5, 5.41) is 8.14. The normalized spacial score (nSPS) is 23.6. The second kappa shape index (κ2) is 4.36. The second-order valence-corrected chi connectivity index (χ2v) is 7.73. The summed E-state index contributed by atoms with van der Waals surface area (Å²) in [6.07, 6.45) is 0. The van der Waals surface area contributed by atoms with Gasteiger partial charge in [0, 0.05) is 15.9 Å². The number of thiophene rings is 1. The molecule has 1 aliphatic carbocycles. The first-order valence-corrected chi connectivity index (χ1v) is 8.02. The maximum Gasteiger partial charge on any atom is 0.0378 e. The lowest BCUT2D eigenvalue weighted by molar-refractivity contribution is 0.418. The summed E-state index contributed by atoms with van der Waals surface area (Å²) in [4.78, 5) is 0. The van der Waals surface area contributed by atoms with Gasteiger partial charge in [-0.2, -0.15) is 11.3 Å². The van der Waals surface area contributed by atoms with Crippen molar-refractivity contribution >= 4 is 27.3 Å². The molecule has 1 unspecified atom stereocenters. The number of hydrogen-bond acceptors (Lipinski definition) is 2. The smallest absolute Gasteiger partial charge is 0.0378 e. The summed E-state index contributed by atoms with van der Waals surface area (Å²) < 4.78 is 1.26. The Morgan fingerprint density at radius 2 is 1.88 bits per heavy atom. The highest BCUT2D eigenvalue weighted by molar-refractivity contribution is 9.10. The van der Waals surface area contributed by atoms with Crippen molar-refractivity contribution in [1.29, 1.82) is 0 Å². The van der Waals surface area contributed by atoms with Crippen LogP contribution in [0.5, 0.6) is 0 Å².